The van der Waals surface area contributed by atoms with Crippen LogP contribution in [0.2, 0.25) is 0 Å². The van der Waals surface area contributed by atoms with E-state index < -0.39 is 11.4 Å². The van der Waals surface area contributed by atoms with Gasteiger partial charge in [0.1, 0.15) is 17.0 Å². The van der Waals surface area contributed by atoms with Gasteiger partial charge in [0.15, 0.2) is 0 Å². The molecule has 1 aromatic rings. The van der Waals surface area contributed by atoms with Crippen LogP contribution in [0.4, 0.5) is 4.39 Å². The largest absolute Gasteiger partial charge is 0.497 e. The van der Waals surface area contributed by atoms with E-state index in [-0.39, 0.29) is 18.3 Å². The molecule has 2 atom stereocenters. The highest BCUT2D eigenvalue weighted by Gasteiger charge is 2.56. The van der Waals surface area contributed by atoms with E-state index in [1.54, 1.807) is 12.1 Å². The molecule has 0 unspecified atom stereocenters. The lowest BCUT2D eigenvalue weighted by Crippen LogP contribution is -2.38. The molecule has 2 aliphatic heterocycles. The number of rotatable bonds is 4. The van der Waals surface area contributed by atoms with Crippen LogP contribution in [0.3, 0.4) is 0 Å². The van der Waals surface area contributed by atoms with Crippen molar-refractivity contribution in [1.82, 2.24) is 4.90 Å². The monoisotopic (exact) mass is 295 g/mol. The molecule has 114 valence electrons. The van der Waals surface area contributed by atoms with Crippen molar-refractivity contribution < 1.29 is 23.8 Å². The van der Waals surface area contributed by atoms with Gasteiger partial charge in [0.25, 0.3) is 0 Å². The summed E-state index contributed by atoms with van der Waals surface area (Å²) in [7, 11) is 1.49. The Kier molecular flexibility index (Phi) is 3.59. The second-order valence-electron chi connectivity index (χ2n) is 5.80. The van der Waals surface area contributed by atoms with Gasteiger partial charge < -0.3 is 14.6 Å². The summed E-state index contributed by atoms with van der Waals surface area (Å²) in [5.41, 5.74) is -0.277. The molecule has 2 fully saturated rings. The Morgan fingerprint density at radius 2 is 2.43 bits per heavy atom. The van der Waals surface area contributed by atoms with Crippen molar-refractivity contribution in [3.8, 4) is 5.75 Å². The van der Waals surface area contributed by atoms with E-state index in [1.165, 1.54) is 13.2 Å². The number of likely N-dealkylation sites (tertiary alicyclic amines) is 1. The van der Waals surface area contributed by atoms with E-state index in [1.807, 2.05) is 4.90 Å². The maximum Gasteiger partial charge on any atom is 0.313 e. The summed E-state index contributed by atoms with van der Waals surface area (Å²) in [5, 5.41) is 9.48. The van der Waals surface area contributed by atoms with E-state index in [4.69, 9.17) is 9.47 Å². The number of fused-ring (bicyclic) bond motifs is 1. The van der Waals surface area contributed by atoms with Crippen LogP contribution in [0.15, 0.2) is 18.2 Å². The van der Waals surface area contributed by atoms with Crippen molar-refractivity contribution in [1.29, 1.82) is 0 Å². The molecular formula is C15H18FNO4. The third-order valence-corrected chi connectivity index (χ3v) is 4.52. The third kappa shape index (κ3) is 2.38. The SMILES string of the molecule is COc1ccc(CN2C[C@@H]3COC[C@]3(C(=O)O)C2)c(F)c1. The van der Waals surface area contributed by atoms with Gasteiger partial charge in [-0.15, -0.1) is 0 Å². The fourth-order valence-corrected chi connectivity index (χ4v) is 3.29. The number of carbonyl (C=O) groups is 1. The lowest BCUT2D eigenvalue weighted by molar-refractivity contribution is -0.149. The summed E-state index contributed by atoms with van der Waals surface area (Å²) in [6, 6.07) is 4.75. The first kappa shape index (κ1) is 14.3. The molecule has 21 heavy (non-hydrogen) atoms. The molecule has 2 saturated heterocycles. The van der Waals surface area contributed by atoms with Crippen LogP contribution >= 0.6 is 0 Å². The molecule has 0 amide bonds. The Labute approximate surface area is 122 Å². The molecular weight excluding hydrogens is 277 g/mol. The zero-order chi connectivity index (χ0) is 15.0. The van der Waals surface area contributed by atoms with Crippen LogP contribution in [0, 0.1) is 17.2 Å². The van der Waals surface area contributed by atoms with E-state index in [2.05, 4.69) is 0 Å². The lowest BCUT2D eigenvalue weighted by atomic mass is 9.81. The van der Waals surface area contributed by atoms with E-state index >= 15 is 0 Å². The summed E-state index contributed by atoms with van der Waals surface area (Å²) >= 11 is 0. The maximum atomic E-state index is 14.0. The molecule has 6 heteroatoms. The zero-order valence-electron chi connectivity index (χ0n) is 11.8. The predicted octanol–water partition coefficient (Wildman–Crippen LogP) is 1.37. The molecule has 0 saturated carbocycles. The fourth-order valence-electron chi connectivity index (χ4n) is 3.29. The van der Waals surface area contributed by atoms with Crippen molar-refractivity contribution in [2.75, 3.05) is 33.4 Å². The second-order valence-corrected chi connectivity index (χ2v) is 5.80. The van der Waals surface area contributed by atoms with Crippen LogP contribution in [-0.2, 0) is 16.1 Å². The zero-order valence-corrected chi connectivity index (χ0v) is 11.8. The highest BCUT2D eigenvalue weighted by molar-refractivity contribution is 5.76. The molecule has 5 nitrogen and oxygen atoms in total. The average molecular weight is 295 g/mol. The third-order valence-electron chi connectivity index (χ3n) is 4.52. The molecule has 3 rings (SSSR count). The first-order valence-electron chi connectivity index (χ1n) is 6.91. The van der Waals surface area contributed by atoms with E-state index in [0.717, 1.165) is 0 Å². The van der Waals surface area contributed by atoms with Crippen LogP contribution in [0.25, 0.3) is 0 Å². The smallest absolute Gasteiger partial charge is 0.313 e. The van der Waals surface area contributed by atoms with Crippen molar-refractivity contribution in [2.45, 2.75) is 6.54 Å². The van der Waals surface area contributed by atoms with Crippen molar-refractivity contribution >= 4 is 5.97 Å². The van der Waals surface area contributed by atoms with Gasteiger partial charge in [-0.25, -0.2) is 4.39 Å². The molecule has 0 aromatic heterocycles. The number of methoxy groups -OCH3 is 1. The number of carboxylic acids is 1. The van der Waals surface area contributed by atoms with Crippen LogP contribution in [0.1, 0.15) is 5.56 Å². The Morgan fingerprint density at radius 1 is 1.62 bits per heavy atom. The molecule has 1 aromatic carbocycles. The first-order valence-corrected chi connectivity index (χ1v) is 6.91. The summed E-state index contributed by atoms with van der Waals surface area (Å²) in [6.07, 6.45) is 0. The maximum absolute atomic E-state index is 14.0. The minimum Gasteiger partial charge on any atom is -0.497 e. The topological polar surface area (TPSA) is 59.0 Å². The standard InChI is InChI=1S/C15H18FNO4/c1-20-12-3-2-10(13(16)4-12)5-17-6-11-7-21-9-15(11,8-17)14(18)19/h2-4,11H,5-9H2,1H3,(H,18,19)/t11-,15-/m1/s1. The second kappa shape index (κ2) is 5.27. The molecule has 0 bridgehead atoms. The number of benzene rings is 1. The van der Waals surface area contributed by atoms with Gasteiger partial charge in [-0.1, -0.05) is 6.07 Å². The molecule has 1 N–H and O–H groups in total. The molecule has 2 aliphatic rings. The van der Waals surface area contributed by atoms with Gasteiger partial charge >= 0.3 is 5.97 Å². The highest BCUT2D eigenvalue weighted by Crippen LogP contribution is 2.42. The summed E-state index contributed by atoms with van der Waals surface area (Å²) in [5.74, 6) is -0.684. The van der Waals surface area contributed by atoms with Crippen LogP contribution in [-0.4, -0.2) is 49.4 Å². The first-order chi connectivity index (χ1) is 10.0. The lowest BCUT2D eigenvalue weighted by Gasteiger charge is -2.22. The van der Waals surface area contributed by atoms with Crippen molar-refractivity contribution in [2.24, 2.45) is 11.3 Å². The van der Waals surface area contributed by atoms with Crippen LogP contribution < -0.4 is 4.74 Å². The van der Waals surface area contributed by atoms with Crippen molar-refractivity contribution in [3.05, 3.63) is 29.6 Å². The molecule has 0 aliphatic carbocycles. The quantitative estimate of drug-likeness (QED) is 0.909. The summed E-state index contributed by atoms with van der Waals surface area (Å²) in [6.45, 7) is 2.14. The van der Waals surface area contributed by atoms with Gasteiger partial charge in [0.05, 0.1) is 20.3 Å². The van der Waals surface area contributed by atoms with E-state index in [9.17, 15) is 14.3 Å². The van der Waals surface area contributed by atoms with Gasteiger partial charge in [-0.05, 0) is 6.07 Å². The minimum atomic E-state index is -0.830. The Bertz CT molecular complexity index is 565. The van der Waals surface area contributed by atoms with Crippen molar-refractivity contribution in [3.63, 3.8) is 0 Å². The average Bonchev–Trinajstić information content (AvgIpc) is 2.98. The fraction of sp³-hybridized carbons (Fsp3) is 0.533. The number of nitrogens with zero attached hydrogens (tertiary/aromatic N) is 1. The number of hydrogen-bond acceptors (Lipinski definition) is 4. The van der Waals surface area contributed by atoms with Gasteiger partial charge in [-0.3, -0.25) is 9.69 Å². The predicted molar refractivity (Wildman–Crippen MR) is 72.6 cm³/mol. The Morgan fingerprint density at radius 3 is 3.05 bits per heavy atom. The molecule has 0 spiro atoms. The molecule has 0 radical (unpaired) electrons. The normalized spacial score (nSPS) is 28.6. The van der Waals surface area contributed by atoms with Gasteiger partial charge in [-0.2, -0.15) is 0 Å². The number of ether oxygens (including phenoxy) is 2. The number of hydrogen-bond donors (Lipinski definition) is 1. The molecule has 2 heterocycles. The number of carboxylic acid groups (broad SMARTS) is 1. The van der Waals surface area contributed by atoms with E-state index in [0.29, 0.717) is 37.6 Å². The Hall–Kier alpha value is -1.66. The summed E-state index contributed by atoms with van der Waals surface area (Å²) < 4.78 is 24.3. The van der Waals surface area contributed by atoms with Gasteiger partial charge in [0, 0.05) is 37.2 Å². The minimum absolute atomic E-state index is 0.0173. The van der Waals surface area contributed by atoms with Crippen LogP contribution in [0.5, 0.6) is 5.75 Å². The van der Waals surface area contributed by atoms with Gasteiger partial charge in [0.2, 0.25) is 0 Å². The highest BCUT2D eigenvalue weighted by atomic mass is 19.1. The number of halogens is 1. The summed E-state index contributed by atoms with van der Waals surface area (Å²) in [4.78, 5) is 13.5. The Balaban J connectivity index is 1.74. The number of aliphatic carboxylic acids is 1.